The predicted octanol–water partition coefficient (Wildman–Crippen LogP) is 2.86. The van der Waals surface area contributed by atoms with E-state index in [0.29, 0.717) is 39.9 Å². The molecule has 1 aromatic heterocycles. The molecule has 112 valence electrons. The van der Waals surface area contributed by atoms with Crippen LogP contribution in [0.1, 0.15) is 12.3 Å². The van der Waals surface area contributed by atoms with E-state index in [-0.39, 0.29) is 6.61 Å². The first-order valence-electron chi connectivity index (χ1n) is 6.76. The Labute approximate surface area is 132 Å². The lowest BCUT2D eigenvalue weighted by Gasteiger charge is -2.12. The van der Waals surface area contributed by atoms with E-state index >= 15 is 0 Å². The summed E-state index contributed by atoms with van der Waals surface area (Å²) in [5, 5.41) is 18.3. The molecule has 0 spiro atoms. The quantitative estimate of drug-likeness (QED) is 0.935. The Balaban J connectivity index is 1.71. The van der Waals surface area contributed by atoms with Crippen LogP contribution in [0.4, 0.5) is 0 Å². The van der Waals surface area contributed by atoms with Crippen LogP contribution in [0.25, 0.3) is 11.5 Å². The molecule has 1 fully saturated rings. The fraction of sp³-hybridized carbons (Fsp3) is 0.429. The third kappa shape index (κ3) is 3.37. The molecule has 2 heterocycles. The van der Waals surface area contributed by atoms with Gasteiger partial charge in [0, 0.05) is 18.2 Å². The zero-order chi connectivity index (χ0) is 14.8. The number of aromatic nitrogens is 2. The largest absolute Gasteiger partial charge is 0.419 e. The van der Waals surface area contributed by atoms with Gasteiger partial charge in [-0.2, -0.15) is 0 Å². The maximum absolute atomic E-state index is 9.15. The molecule has 1 aromatic carbocycles. The number of aliphatic hydroxyl groups excluding tert-OH is 1. The number of nitrogens with zero attached hydrogens (tertiary/aromatic N) is 3. The standard InChI is InChI=1S/C14H15Cl2N3O2/c15-10-1-2-11(12(16)5-10)14-18-17-13(21-14)7-19-4-3-9(6-19)8-20/h1-2,5,9,20H,3-4,6-8H2. The summed E-state index contributed by atoms with van der Waals surface area (Å²) in [7, 11) is 0. The van der Waals surface area contributed by atoms with Crippen molar-refractivity contribution in [2.75, 3.05) is 19.7 Å². The van der Waals surface area contributed by atoms with Gasteiger partial charge in [0.25, 0.3) is 0 Å². The number of likely N-dealkylation sites (tertiary alicyclic amines) is 1. The van der Waals surface area contributed by atoms with Crippen LogP contribution in [0.5, 0.6) is 0 Å². The lowest BCUT2D eigenvalue weighted by Crippen LogP contribution is -2.21. The highest BCUT2D eigenvalue weighted by atomic mass is 35.5. The number of halogens is 2. The van der Waals surface area contributed by atoms with E-state index in [1.165, 1.54) is 0 Å². The summed E-state index contributed by atoms with van der Waals surface area (Å²) >= 11 is 12.0. The Bertz CT molecular complexity index is 632. The van der Waals surface area contributed by atoms with Crippen molar-refractivity contribution in [3.05, 3.63) is 34.1 Å². The van der Waals surface area contributed by atoms with Gasteiger partial charge >= 0.3 is 0 Å². The van der Waals surface area contributed by atoms with E-state index in [4.69, 9.17) is 32.7 Å². The molecule has 0 aliphatic carbocycles. The van der Waals surface area contributed by atoms with Gasteiger partial charge in [0.05, 0.1) is 17.1 Å². The average Bonchev–Trinajstić information content (AvgIpc) is 3.08. The van der Waals surface area contributed by atoms with Crippen LogP contribution in [0.2, 0.25) is 10.0 Å². The lowest BCUT2D eigenvalue weighted by atomic mass is 10.1. The number of hydrogen-bond acceptors (Lipinski definition) is 5. The Morgan fingerprint density at radius 3 is 2.90 bits per heavy atom. The minimum absolute atomic E-state index is 0.228. The van der Waals surface area contributed by atoms with Crippen LogP contribution in [-0.4, -0.2) is 39.9 Å². The molecule has 2 aromatic rings. The predicted molar refractivity (Wildman–Crippen MR) is 80.2 cm³/mol. The van der Waals surface area contributed by atoms with Crippen LogP contribution in [0.3, 0.4) is 0 Å². The Kier molecular flexibility index (Phi) is 4.45. The van der Waals surface area contributed by atoms with Gasteiger partial charge in [0.1, 0.15) is 0 Å². The van der Waals surface area contributed by atoms with Crippen LogP contribution < -0.4 is 0 Å². The van der Waals surface area contributed by atoms with E-state index in [0.717, 1.165) is 19.5 Å². The highest BCUT2D eigenvalue weighted by molar-refractivity contribution is 6.36. The summed E-state index contributed by atoms with van der Waals surface area (Å²) < 4.78 is 5.67. The Morgan fingerprint density at radius 1 is 1.33 bits per heavy atom. The number of aliphatic hydroxyl groups is 1. The molecule has 1 aliphatic heterocycles. The SMILES string of the molecule is OCC1CCN(Cc2nnc(-c3ccc(Cl)cc3Cl)o2)C1. The second-order valence-corrected chi connectivity index (χ2v) is 6.04. The lowest BCUT2D eigenvalue weighted by molar-refractivity contribution is 0.215. The van der Waals surface area contributed by atoms with Crippen molar-refractivity contribution >= 4 is 23.2 Å². The maximum Gasteiger partial charge on any atom is 0.249 e. The van der Waals surface area contributed by atoms with Gasteiger partial charge in [-0.1, -0.05) is 23.2 Å². The van der Waals surface area contributed by atoms with Gasteiger partial charge < -0.3 is 9.52 Å². The van der Waals surface area contributed by atoms with Crippen molar-refractivity contribution in [3.8, 4) is 11.5 Å². The van der Waals surface area contributed by atoms with Crippen molar-refractivity contribution in [3.63, 3.8) is 0 Å². The van der Waals surface area contributed by atoms with Crippen LogP contribution in [0.15, 0.2) is 22.6 Å². The smallest absolute Gasteiger partial charge is 0.249 e. The molecule has 1 aliphatic rings. The molecule has 21 heavy (non-hydrogen) atoms. The molecule has 0 bridgehead atoms. The first-order chi connectivity index (χ1) is 10.2. The number of rotatable bonds is 4. The average molecular weight is 328 g/mol. The normalized spacial score (nSPS) is 19.3. The molecule has 3 rings (SSSR count). The van der Waals surface area contributed by atoms with Crippen molar-refractivity contribution in [2.24, 2.45) is 5.92 Å². The monoisotopic (exact) mass is 327 g/mol. The summed E-state index contributed by atoms with van der Waals surface area (Å²) in [4.78, 5) is 2.20. The van der Waals surface area contributed by atoms with Crippen molar-refractivity contribution < 1.29 is 9.52 Å². The fourth-order valence-corrected chi connectivity index (χ4v) is 2.98. The second-order valence-electron chi connectivity index (χ2n) is 5.20. The topological polar surface area (TPSA) is 62.4 Å². The highest BCUT2D eigenvalue weighted by Gasteiger charge is 2.23. The van der Waals surface area contributed by atoms with Gasteiger partial charge in [-0.15, -0.1) is 10.2 Å². The zero-order valence-electron chi connectivity index (χ0n) is 11.3. The third-order valence-corrected chi connectivity index (χ3v) is 4.16. The first-order valence-corrected chi connectivity index (χ1v) is 7.52. The van der Waals surface area contributed by atoms with Crippen LogP contribution >= 0.6 is 23.2 Å². The summed E-state index contributed by atoms with van der Waals surface area (Å²) in [5.74, 6) is 1.29. The minimum atomic E-state index is 0.228. The van der Waals surface area contributed by atoms with E-state index in [2.05, 4.69) is 15.1 Å². The second kappa shape index (κ2) is 6.32. The third-order valence-electron chi connectivity index (χ3n) is 3.62. The minimum Gasteiger partial charge on any atom is -0.419 e. The van der Waals surface area contributed by atoms with Crippen molar-refractivity contribution in [1.82, 2.24) is 15.1 Å². The molecular formula is C14H15Cl2N3O2. The molecule has 1 saturated heterocycles. The van der Waals surface area contributed by atoms with Gasteiger partial charge in [-0.3, -0.25) is 4.90 Å². The molecular weight excluding hydrogens is 313 g/mol. The van der Waals surface area contributed by atoms with Gasteiger partial charge in [-0.25, -0.2) is 0 Å². The van der Waals surface area contributed by atoms with E-state index in [1.807, 2.05) is 0 Å². The molecule has 0 radical (unpaired) electrons. The number of hydrogen-bond donors (Lipinski definition) is 1. The molecule has 0 saturated carbocycles. The fourth-order valence-electron chi connectivity index (χ4n) is 2.49. The maximum atomic E-state index is 9.15. The molecule has 0 amide bonds. The summed E-state index contributed by atoms with van der Waals surface area (Å²) in [6.07, 6.45) is 1.00. The highest BCUT2D eigenvalue weighted by Crippen LogP contribution is 2.29. The molecule has 1 atom stereocenters. The summed E-state index contributed by atoms with van der Waals surface area (Å²) in [6, 6.07) is 5.15. The van der Waals surface area contributed by atoms with Crippen molar-refractivity contribution in [2.45, 2.75) is 13.0 Å². The van der Waals surface area contributed by atoms with Crippen LogP contribution in [-0.2, 0) is 6.54 Å². The molecule has 1 N–H and O–H groups in total. The molecule has 5 nitrogen and oxygen atoms in total. The van der Waals surface area contributed by atoms with Gasteiger partial charge in [0.15, 0.2) is 0 Å². The van der Waals surface area contributed by atoms with E-state index in [1.54, 1.807) is 18.2 Å². The summed E-state index contributed by atoms with van der Waals surface area (Å²) in [6.45, 7) is 2.61. The van der Waals surface area contributed by atoms with Crippen LogP contribution in [0, 0.1) is 5.92 Å². The first kappa shape index (κ1) is 14.8. The molecule has 1 unspecified atom stereocenters. The van der Waals surface area contributed by atoms with E-state index < -0.39 is 0 Å². The van der Waals surface area contributed by atoms with Crippen molar-refractivity contribution in [1.29, 1.82) is 0 Å². The zero-order valence-corrected chi connectivity index (χ0v) is 12.8. The van der Waals surface area contributed by atoms with Gasteiger partial charge in [-0.05, 0) is 37.1 Å². The van der Waals surface area contributed by atoms with Gasteiger partial charge in [0.2, 0.25) is 11.8 Å². The molecule has 7 heteroatoms. The summed E-state index contributed by atoms with van der Waals surface area (Å²) in [5.41, 5.74) is 0.675. The Hall–Kier alpha value is -1.14. The number of benzene rings is 1. The Morgan fingerprint density at radius 2 is 2.19 bits per heavy atom. The van der Waals surface area contributed by atoms with E-state index in [9.17, 15) is 0 Å².